The van der Waals surface area contributed by atoms with E-state index in [2.05, 4.69) is 0 Å². The highest BCUT2D eigenvalue weighted by Gasteiger charge is 2.21. The Hall–Kier alpha value is -1.16. The molecule has 1 aromatic rings. The Balaban J connectivity index is 1.84. The van der Waals surface area contributed by atoms with Crippen LogP contribution in [0.25, 0.3) is 0 Å². The number of amides is 1. The summed E-state index contributed by atoms with van der Waals surface area (Å²) in [5.74, 6) is 3.47. The van der Waals surface area contributed by atoms with Crippen LogP contribution < -0.4 is 4.74 Å². The Kier molecular flexibility index (Phi) is 5.77. The van der Waals surface area contributed by atoms with Crippen LogP contribution >= 0.6 is 11.8 Å². The molecule has 0 aliphatic carbocycles. The molecule has 1 heterocycles. The van der Waals surface area contributed by atoms with Crippen LogP contribution in [0.2, 0.25) is 0 Å². The molecule has 0 atom stereocenters. The van der Waals surface area contributed by atoms with Gasteiger partial charge in [-0.15, -0.1) is 0 Å². The lowest BCUT2D eigenvalue weighted by molar-refractivity contribution is -0.132. The molecule has 20 heavy (non-hydrogen) atoms. The van der Waals surface area contributed by atoms with Crippen LogP contribution in [0.1, 0.15) is 24.8 Å². The summed E-state index contributed by atoms with van der Waals surface area (Å²) in [6, 6.07) is 8.39. The molecular weight excluding hydrogens is 270 g/mol. The number of aryl methyl sites for hydroxylation is 1. The predicted molar refractivity (Wildman–Crippen MR) is 84.4 cm³/mol. The minimum atomic E-state index is 0.254. The van der Waals surface area contributed by atoms with E-state index in [-0.39, 0.29) is 5.91 Å². The maximum Gasteiger partial charge on any atom is 0.222 e. The number of ether oxygens (including phenoxy) is 1. The van der Waals surface area contributed by atoms with Gasteiger partial charge in [0.2, 0.25) is 5.91 Å². The molecule has 0 N–H and O–H groups in total. The van der Waals surface area contributed by atoms with Gasteiger partial charge in [0.25, 0.3) is 0 Å². The third-order valence-electron chi connectivity index (χ3n) is 3.89. The van der Waals surface area contributed by atoms with Crippen LogP contribution in [-0.2, 0) is 11.2 Å². The van der Waals surface area contributed by atoms with Crippen LogP contribution in [0.15, 0.2) is 24.3 Å². The summed E-state index contributed by atoms with van der Waals surface area (Å²) in [6.07, 6.45) is 3.62. The van der Waals surface area contributed by atoms with Gasteiger partial charge in [0.1, 0.15) is 5.75 Å². The van der Waals surface area contributed by atoms with Gasteiger partial charge in [-0.25, -0.2) is 0 Å². The third-order valence-corrected chi connectivity index (χ3v) is 4.94. The topological polar surface area (TPSA) is 29.5 Å². The summed E-state index contributed by atoms with van der Waals surface area (Å²) in [6.45, 7) is 0. The zero-order chi connectivity index (χ0) is 14.4. The number of thioether (sulfide) groups is 1. The monoisotopic (exact) mass is 293 g/mol. The van der Waals surface area contributed by atoms with Crippen molar-refractivity contribution in [2.24, 2.45) is 0 Å². The molecule has 1 aliphatic rings. The normalized spacial score (nSPS) is 15.9. The molecular formula is C16H23NO2S. The molecule has 0 saturated carbocycles. The number of carbonyl (C=O) groups is 1. The van der Waals surface area contributed by atoms with E-state index in [1.807, 2.05) is 48.0 Å². The van der Waals surface area contributed by atoms with Gasteiger partial charge in [-0.05, 0) is 48.5 Å². The largest absolute Gasteiger partial charge is 0.497 e. The number of carbonyl (C=O) groups excluding carboxylic acids is 1. The summed E-state index contributed by atoms with van der Waals surface area (Å²) in [5.41, 5.74) is 1.16. The number of methoxy groups -OCH3 is 1. The van der Waals surface area contributed by atoms with Gasteiger partial charge in [0, 0.05) is 19.5 Å². The van der Waals surface area contributed by atoms with E-state index in [1.54, 1.807) is 7.11 Å². The fraction of sp³-hybridized carbons (Fsp3) is 0.562. The van der Waals surface area contributed by atoms with E-state index in [4.69, 9.17) is 4.74 Å². The number of rotatable bonds is 5. The third kappa shape index (κ3) is 4.17. The minimum Gasteiger partial charge on any atom is -0.497 e. The second kappa shape index (κ2) is 7.58. The quantitative estimate of drug-likeness (QED) is 0.836. The highest BCUT2D eigenvalue weighted by molar-refractivity contribution is 7.99. The van der Waals surface area contributed by atoms with Crippen molar-refractivity contribution in [1.82, 2.24) is 4.90 Å². The van der Waals surface area contributed by atoms with Crippen molar-refractivity contribution in [1.29, 1.82) is 0 Å². The average molecular weight is 293 g/mol. The van der Waals surface area contributed by atoms with Crippen LogP contribution in [0.3, 0.4) is 0 Å². The molecule has 0 aromatic heterocycles. The second-order valence-electron chi connectivity index (χ2n) is 5.20. The van der Waals surface area contributed by atoms with Crippen LogP contribution in [0.4, 0.5) is 0 Å². The molecule has 3 nitrogen and oxygen atoms in total. The molecule has 4 heteroatoms. The van der Waals surface area contributed by atoms with E-state index in [9.17, 15) is 4.79 Å². The highest BCUT2D eigenvalue weighted by atomic mass is 32.2. The highest BCUT2D eigenvalue weighted by Crippen LogP contribution is 2.21. The first-order chi connectivity index (χ1) is 9.70. The summed E-state index contributed by atoms with van der Waals surface area (Å²) >= 11 is 1.99. The molecule has 110 valence electrons. The van der Waals surface area contributed by atoms with Gasteiger partial charge >= 0.3 is 0 Å². The summed E-state index contributed by atoms with van der Waals surface area (Å²) < 4.78 is 5.21. The van der Waals surface area contributed by atoms with E-state index >= 15 is 0 Å². The maximum absolute atomic E-state index is 12.3. The first kappa shape index (κ1) is 15.2. The van der Waals surface area contributed by atoms with Gasteiger partial charge in [-0.1, -0.05) is 12.1 Å². The van der Waals surface area contributed by atoms with E-state index in [0.29, 0.717) is 12.5 Å². The molecule has 0 bridgehead atoms. The van der Waals surface area contributed by atoms with Crippen molar-refractivity contribution in [3.63, 3.8) is 0 Å². The fourth-order valence-corrected chi connectivity index (χ4v) is 3.61. The number of nitrogens with zero attached hydrogens (tertiary/aromatic N) is 1. The van der Waals surface area contributed by atoms with Gasteiger partial charge < -0.3 is 9.64 Å². The summed E-state index contributed by atoms with van der Waals surface area (Å²) in [5, 5.41) is 0. The van der Waals surface area contributed by atoms with Crippen LogP contribution in [0.5, 0.6) is 5.75 Å². The first-order valence-corrected chi connectivity index (χ1v) is 8.32. The molecule has 2 rings (SSSR count). The zero-order valence-corrected chi connectivity index (χ0v) is 13.1. The smallest absolute Gasteiger partial charge is 0.222 e. The first-order valence-electron chi connectivity index (χ1n) is 7.17. The Labute approximate surface area is 125 Å². The molecule has 1 aromatic carbocycles. The molecule has 1 aliphatic heterocycles. The zero-order valence-electron chi connectivity index (χ0n) is 12.3. The van der Waals surface area contributed by atoms with Crippen molar-refractivity contribution >= 4 is 17.7 Å². The number of benzene rings is 1. The lowest BCUT2D eigenvalue weighted by atomic mass is 10.1. The minimum absolute atomic E-state index is 0.254. The molecule has 0 spiro atoms. The van der Waals surface area contributed by atoms with Crippen LogP contribution in [-0.4, -0.2) is 42.5 Å². The van der Waals surface area contributed by atoms with Gasteiger partial charge in [0.05, 0.1) is 7.11 Å². The fourth-order valence-electron chi connectivity index (χ4n) is 2.53. The van der Waals surface area contributed by atoms with Crippen LogP contribution in [0, 0.1) is 0 Å². The molecule has 1 amide bonds. The van der Waals surface area contributed by atoms with Crippen molar-refractivity contribution in [2.75, 3.05) is 25.7 Å². The molecule has 1 saturated heterocycles. The Morgan fingerprint density at radius 3 is 2.85 bits per heavy atom. The Morgan fingerprint density at radius 1 is 1.40 bits per heavy atom. The standard InChI is InChI=1S/C16H23NO2S/c1-17(14-8-10-20-11-9-14)16(18)7-6-13-4-3-5-15(12-13)19-2/h3-5,12,14H,6-11H2,1-2H3. The van der Waals surface area contributed by atoms with E-state index < -0.39 is 0 Å². The number of hydrogen-bond acceptors (Lipinski definition) is 3. The van der Waals surface area contributed by atoms with Gasteiger partial charge in [-0.3, -0.25) is 4.79 Å². The van der Waals surface area contributed by atoms with Gasteiger partial charge in [-0.2, -0.15) is 11.8 Å². The SMILES string of the molecule is COc1cccc(CCC(=O)N(C)C2CCSCC2)c1. The Bertz CT molecular complexity index is 444. The lowest BCUT2D eigenvalue weighted by Crippen LogP contribution is -2.39. The lowest BCUT2D eigenvalue weighted by Gasteiger charge is -2.31. The number of hydrogen-bond donors (Lipinski definition) is 0. The van der Waals surface area contributed by atoms with E-state index in [0.717, 1.165) is 30.6 Å². The van der Waals surface area contributed by atoms with E-state index in [1.165, 1.54) is 11.5 Å². The van der Waals surface area contributed by atoms with Gasteiger partial charge in [0.15, 0.2) is 0 Å². The summed E-state index contributed by atoms with van der Waals surface area (Å²) in [7, 11) is 3.62. The summed E-state index contributed by atoms with van der Waals surface area (Å²) in [4.78, 5) is 14.2. The molecule has 0 unspecified atom stereocenters. The molecule has 0 radical (unpaired) electrons. The van der Waals surface area contributed by atoms with Crippen molar-refractivity contribution < 1.29 is 9.53 Å². The predicted octanol–water partition coefficient (Wildman–Crippen LogP) is 2.98. The second-order valence-corrected chi connectivity index (χ2v) is 6.42. The molecule has 1 fully saturated rings. The Morgan fingerprint density at radius 2 is 2.15 bits per heavy atom. The maximum atomic E-state index is 12.3. The average Bonchev–Trinajstić information content (AvgIpc) is 2.53. The van der Waals surface area contributed by atoms with Crippen molar-refractivity contribution in [3.8, 4) is 5.75 Å². The van der Waals surface area contributed by atoms with Crippen molar-refractivity contribution in [3.05, 3.63) is 29.8 Å². The van der Waals surface area contributed by atoms with Crippen molar-refractivity contribution in [2.45, 2.75) is 31.7 Å².